The zero-order chi connectivity index (χ0) is 19.2. The zero-order valence-electron chi connectivity index (χ0n) is 13.9. The van der Waals surface area contributed by atoms with Gasteiger partial charge in [0.2, 0.25) is 0 Å². The molecule has 0 amide bonds. The predicted molar refractivity (Wildman–Crippen MR) is 106 cm³/mol. The van der Waals surface area contributed by atoms with E-state index in [1.807, 2.05) is 0 Å². The Bertz CT molecular complexity index is 466. The molecule has 24 heavy (non-hydrogen) atoms. The Balaban J connectivity index is 0. The van der Waals surface area contributed by atoms with Crippen molar-refractivity contribution in [2.45, 2.75) is 52.4 Å². The van der Waals surface area contributed by atoms with Crippen LogP contribution in [0.4, 0.5) is 0 Å². The lowest BCUT2D eigenvalue weighted by Gasteiger charge is -2.07. The van der Waals surface area contributed by atoms with Crippen LogP contribution in [0.3, 0.4) is 0 Å². The van der Waals surface area contributed by atoms with Crippen molar-refractivity contribution in [1.29, 1.82) is 0 Å². The molecule has 0 atom stereocenters. The summed E-state index contributed by atoms with van der Waals surface area (Å²) in [5.41, 5.74) is 3.14. The second-order valence-corrected chi connectivity index (χ2v) is 9.99. The minimum absolute atomic E-state index is 1.26. The summed E-state index contributed by atoms with van der Waals surface area (Å²) in [4.78, 5) is 45.3. The molecule has 0 bridgehead atoms. The van der Waals surface area contributed by atoms with E-state index < -0.39 is 13.4 Å². The van der Waals surface area contributed by atoms with E-state index in [9.17, 15) is 0 Å². The van der Waals surface area contributed by atoms with Crippen LogP contribution in [-0.4, -0.2) is 29.4 Å². The number of aryl methyl sites for hydroxylation is 2. The molecule has 0 aliphatic heterocycles. The normalized spacial score (nSPS) is 11.0. The maximum Gasteiger partial charge on any atom is 0.319 e. The molecule has 0 fully saturated rings. The van der Waals surface area contributed by atoms with E-state index in [0.717, 1.165) is 0 Å². The lowest BCUT2D eigenvalue weighted by Crippen LogP contribution is -1.94. The highest BCUT2D eigenvalue weighted by molar-refractivity contribution is 8.06. The maximum absolute atomic E-state index is 7.56. The quantitative estimate of drug-likeness (QED) is 0.390. The molecule has 0 spiro atoms. The van der Waals surface area contributed by atoms with Crippen molar-refractivity contribution in [3.8, 4) is 0 Å². The monoisotopic (exact) mass is 418 g/mol. The molecule has 6 nitrogen and oxygen atoms in total. The van der Waals surface area contributed by atoms with Crippen molar-refractivity contribution in [2.75, 3.05) is 0 Å². The van der Waals surface area contributed by atoms with Gasteiger partial charge in [0.15, 0.2) is 0 Å². The largest absolute Gasteiger partial charge is 0.325 e. The summed E-state index contributed by atoms with van der Waals surface area (Å²) < 4.78 is 0. The van der Waals surface area contributed by atoms with Crippen LogP contribution in [0.25, 0.3) is 0 Å². The van der Waals surface area contributed by atoms with Crippen LogP contribution in [0.1, 0.15) is 50.7 Å². The summed E-state index contributed by atoms with van der Waals surface area (Å²) in [6.07, 6.45) is 7.75. The molecule has 0 aliphatic rings. The Hall–Kier alpha value is 0.280. The fraction of sp³-hybridized carbons (Fsp3) is 0.571. The Morgan fingerprint density at radius 1 is 0.708 bits per heavy atom. The average Bonchev–Trinajstić information content (AvgIpc) is 2.40. The predicted octanol–water partition coefficient (Wildman–Crippen LogP) is 2.75. The van der Waals surface area contributed by atoms with E-state index in [2.05, 4.69) is 61.7 Å². The van der Waals surface area contributed by atoms with E-state index in [-0.39, 0.29) is 0 Å². The second-order valence-electron chi connectivity index (χ2n) is 5.00. The molecule has 142 valence electrons. The van der Waals surface area contributed by atoms with Gasteiger partial charge < -0.3 is 29.4 Å². The van der Waals surface area contributed by atoms with Crippen molar-refractivity contribution in [1.82, 2.24) is 0 Å². The minimum Gasteiger partial charge on any atom is -0.325 e. The van der Waals surface area contributed by atoms with E-state index in [4.69, 9.17) is 29.4 Å². The van der Waals surface area contributed by atoms with E-state index >= 15 is 0 Å². The van der Waals surface area contributed by atoms with E-state index in [0.29, 0.717) is 0 Å². The first-order valence-electron chi connectivity index (χ1n) is 7.51. The maximum atomic E-state index is 7.56. The van der Waals surface area contributed by atoms with Gasteiger partial charge in [0.25, 0.3) is 0 Å². The van der Waals surface area contributed by atoms with E-state index in [1.54, 1.807) is 11.1 Å². The number of benzene rings is 1. The van der Waals surface area contributed by atoms with E-state index in [1.165, 1.54) is 38.5 Å². The van der Waals surface area contributed by atoms with Gasteiger partial charge in [-0.25, -0.2) is 0 Å². The molecule has 1 rings (SSSR count). The molecule has 0 aromatic heterocycles. The lowest BCUT2D eigenvalue weighted by molar-refractivity contribution is 0.361. The van der Waals surface area contributed by atoms with Crippen LogP contribution in [0, 0.1) is 0 Å². The summed E-state index contributed by atoms with van der Waals surface area (Å²) in [6.45, 7) is -3.09. The molecule has 0 saturated heterocycles. The standard InChI is InChI=1S/C14H22.2H3O3PS/c1-3-5-9-13-11-7-8-12-14(13)10-6-4-2;2*1-4(2,3)5/h7-8,11-12H,3-6,9-10H2,1-2H3;2*(H3,1,2,3,5). The van der Waals surface area contributed by atoms with Crippen LogP contribution in [0.2, 0.25) is 0 Å². The van der Waals surface area contributed by atoms with Crippen molar-refractivity contribution in [2.24, 2.45) is 0 Å². The van der Waals surface area contributed by atoms with Gasteiger partial charge in [-0.1, -0.05) is 51.0 Å². The van der Waals surface area contributed by atoms with Gasteiger partial charge in [0.05, 0.1) is 0 Å². The summed E-state index contributed by atoms with van der Waals surface area (Å²) in [6, 6.07) is 8.92. The van der Waals surface area contributed by atoms with Crippen molar-refractivity contribution >= 4 is 37.1 Å². The lowest BCUT2D eigenvalue weighted by atomic mass is 9.98. The fourth-order valence-electron chi connectivity index (χ4n) is 1.78. The highest BCUT2D eigenvalue weighted by Gasteiger charge is 2.00. The summed E-state index contributed by atoms with van der Waals surface area (Å²) in [7, 11) is 0. The van der Waals surface area contributed by atoms with Crippen LogP contribution >= 0.6 is 13.4 Å². The third kappa shape index (κ3) is 27.1. The van der Waals surface area contributed by atoms with Gasteiger partial charge in [-0.05, 0) is 60.4 Å². The number of hydrogen-bond donors (Lipinski definition) is 6. The van der Waals surface area contributed by atoms with Crippen molar-refractivity contribution in [3.05, 3.63) is 35.4 Å². The molecule has 10 heteroatoms. The molecule has 0 radical (unpaired) electrons. The molecule has 0 aliphatic carbocycles. The Kier molecular flexibility index (Phi) is 16.0. The summed E-state index contributed by atoms with van der Waals surface area (Å²) >= 11 is 7.21. The Labute approximate surface area is 154 Å². The van der Waals surface area contributed by atoms with Gasteiger partial charge >= 0.3 is 13.4 Å². The first-order valence-corrected chi connectivity index (χ1v) is 12.8. The topological polar surface area (TPSA) is 121 Å². The van der Waals surface area contributed by atoms with Crippen LogP contribution in [0.5, 0.6) is 0 Å². The fourth-order valence-corrected chi connectivity index (χ4v) is 1.78. The highest BCUT2D eigenvalue weighted by Crippen LogP contribution is 2.27. The van der Waals surface area contributed by atoms with Crippen LogP contribution in [0.15, 0.2) is 24.3 Å². The van der Waals surface area contributed by atoms with Gasteiger partial charge in [-0.2, -0.15) is 0 Å². The first-order chi connectivity index (χ1) is 10.9. The van der Waals surface area contributed by atoms with Gasteiger partial charge in [0.1, 0.15) is 0 Å². The zero-order valence-corrected chi connectivity index (χ0v) is 17.4. The Morgan fingerprint density at radius 2 is 0.958 bits per heavy atom. The van der Waals surface area contributed by atoms with Gasteiger partial charge in [-0.15, -0.1) is 0 Å². The molecule has 0 unspecified atom stereocenters. The van der Waals surface area contributed by atoms with Crippen LogP contribution < -0.4 is 0 Å². The third-order valence-electron chi connectivity index (χ3n) is 2.72. The number of hydrogen-bond acceptors (Lipinski definition) is 2. The molecule has 0 heterocycles. The SMILES string of the molecule is CCCCc1ccccc1CCCC.OP(O)(O)=S.OP(O)(O)=S. The summed E-state index contributed by atoms with van der Waals surface area (Å²) in [5, 5.41) is 0. The average molecular weight is 418 g/mol. The Morgan fingerprint density at radius 3 is 1.17 bits per heavy atom. The van der Waals surface area contributed by atoms with Crippen molar-refractivity contribution in [3.63, 3.8) is 0 Å². The number of unbranched alkanes of at least 4 members (excludes halogenated alkanes) is 2. The van der Waals surface area contributed by atoms with Crippen molar-refractivity contribution < 1.29 is 29.4 Å². The smallest absolute Gasteiger partial charge is 0.319 e. The highest BCUT2D eigenvalue weighted by atomic mass is 32.5. The minimum atomic E-state index is -3.81. The first kappa shape index (κ1) is 26.5. The molecule has 6 N–H and O–H groups in total. The number of rotatable bonds is 6. The molecule has 1 aromatic rings. The molecule has 1 aromatic carbocycles. The molecular formula is C14H28O6P2S2. The molecule has 0 saturated carbocycles. The second kappa shape index (κ2) is 14.4. The van der Waals surface area contributed by atoms with Gasteiger partial charge in [0, 0.05) is 0 Å². The summed E-state index contributed by atoms with van der Waals surface area (Å²) in [5.74, 6) is 0. The molecular weight excluding hydrogens is 390 g/mol. The third-order valence-corrected chi connectivity index (χ3v) is 2.72. The van der Waals surface area contributed by atoms with Gasteiger partial charge in [-0.3, -0.25) is 0 Å². The van der Waals surface area contributed by atoms with Crippen LogP contribution in [-0.2, 0) is 36.5 Å².